The average molecular weight is 536 g/mol. The number of ether oxygens (including phenoxy) is 1. The number of hydrogen-bond acceptors (Lipinski definition) is 7. The van der Waals surface area contributed by atoms with Gasteiger partial charge in [0.1, 0.15) is 12.0 Å². The van der Waals surface area contributed by atoms with Crippen LogP contribution < -0.4 is 16.4 Å². The van der Waals surface area contributed by atoms with Crippen LogP contribution in [0.3, 0.4) is 0 Å². The number of nitrogens with two attached hydrogens (primary N) is 1. The number of carbonyl (C=O) groups excluding carboxylic acids is 1. The van der Waals surface area contributed by atoms with E-state index in [4.69, 9.17) is 10.5 Å². The van der Waals surface area contributed by atoms with Gasteiger partial charge in [0.2, 0.25) is 5.91 Å². The van der Waals surface area contributed by atoms with E-state index in [9.17, 15) is 18.7 Å². The van der Waals surface area contributed by atoms with E-state index >= 15 is 0 Å². The lowest BCUT2D eigenvalue weighted by atomic mass is 9.89. The number of aromatic nitrogens is 2. The van der Waals surface area contributed by atoms with Crippen molar-refractivity contribution in [1.82, 2.24) is 20.6 Å². The Hall–Kier alpha value is -4.07. The monoisotopic (exact) mass is 535 g/mol. The molecule has 1 saturated carbocycles. The summed E-state index contributed by atoms with van der Waals surface area (Å²) >= 11 is 0. The van der Waals surface area contributed by atoms with Crippen molar-refractivity contribution in [2.45, 2.75) is 50.3 Å². The zero-order valence-electron chi connectivity index (χ0n) is 21.5. The highest BCUT2D eigenvalue weighted by atomic mass is 19.3. The van der Waals surface area contributed by atoms with Gasteiger partial charge in [-0.1, -0.05) is 36.1 Å². The van der Waals surface area contributed by atoms with Crippen molar-refractivity contribution < 1.29 is 23.4 Å². The molecule has 39 heavy (non-hydrogen) atoms. The van der Waals surface area contributed by atoms with Gasteiger partial charge in [0, 0.05) is 30.8 Å². The van der Waals surface area contributed by atoms with E-state index in [-0.39, 0.29) is 17.9 Å². The largest absolute Gasteiger partial charge is 0.503 e. The van der Waals surface area contributed by atoms with Crippen molar-refractivity contribution in [2.75, 3.05) is 19.4 Å². The summed E-state index contributed by atoms with van der Waals surface area (Å²) in [6.07, 6.45) is 0.979. The lowest BCUT2D eigenvalue weighted by molar-refractivity contribution is -0.123. The standard InChI is InChI=1S/C29H31F2N5O3/c1-39-23-13-22(14-23)33-15-21-10-6-19(7-11-21)3-2-18-4-8-20(9-5-18)12-24(29(38)34-16-25(30)31)26-27(37)28(32)36-17-35-26/h4-11,17,22-25,33,37H,12-16H2,1H3,(H,34,38)(H2,32,35,36). The number of nitrogen functional groups attached to an aromatic ring is 1. The van der Waals surface area contributed by atoms with E-state index in [0.717, 1.165) is 42.4 Å². The molecule has 10 heteroatoms. The molecule has 1 aromatic heterocycles. The van der Waals surface area contributed by atoms with Gasteiger partial charge in [-0.3, -0.25) is 4.79 Å². The zero-order chi connectivity index (χ0) is 27.8. The molecule has 5 N–H and O–H groups in total. The third kappa shape index (κ3) is 7.72. The number of aromatic hydroxyl groups is 1. The van der Waals surface area contributed by atoms with Crippen LogP contribution in [0, 0.1) is 11.8 Å². The van der Waals surface area contributed by atoms with Crippen LogP contribution in [0.25, 0.3) is 0 Å². The van der Waals surface area contributed by atoms with Crippen molar-refractivity contribution in [3.63, 3.8) is 0 Å². The first-order valence-corrected chi connectivity index (χ1v) is 12.6. The Labute approximate surface area is 226 Å². The van der Waals surface area contributed by atoms with Crippen LogP contribution in [-0.2, 0) is 22.5 Å². The maximum atomic E-state index is 12.7. The minimum Gasteiger partial charge on any atom is -0.503 e. The van der Waals surface area contributed by atoms with Crippen LogP contribution in [0.15, 0.2) is 54.9 Å². The highest BCUT2D eigenvalue weighted by Crippen LogP contribution is 2.30. The second kappa shape index (κ2) is 13.1. The molecule has 1 amide bonds. The summed E-state index contributed by atoms with van der Waals surface area (Å²) in [5.41, 5.74) is 9.21. The van der Waals surface area contributed by atoms with Gasteiger partial charge in [-0.05, 0) is 54.7 Å². The number of nitrogens with zero attached hydrogens (tertiary/aromatic N) is 2. The molecule has 0 saturated heterocycles. The smallest absolute Gasteiger partial charge is 0.255 e. The summed E-state index contributed by atoms with van der Waals surface area (Å²) in [4.78, 5) is 20.4. The van der Waals surface area contributed by atoms with Gasteiger partial charge >= 0.3 is 0 Å². The van der Waals surface area contributed by atoms with E-state index in [0.29, 0.717) is 12.1 Å². The van der Waals surface area contributed by atoms with Crippen molar-refractivity contribution >= 4 is 11.7 Å². The van der Waals surface area contributed by atoms with Crippen LogP contribution in [0.4, 0.5) is 14.6 Å². The summed E-state index contributed by atoms with van der Waals surface area (Å²) in [5.74, 6) is 3.90. The Morgan fingerprint density at radius 3 is 2.28 bits per heavy atom. The molecule has 0 spiro atoms. The second-order valence-corrected chi connectivity index (χ2v) is 9.44. The minimum absolute atomic E-state index is 0.0244. The normalized spacial score (nSPS) is 17.1. The molecule has 1 aliphatic rings. The van der Waals surface area contributed by atoms with E-state index < -0.39 is 30.5 Å². The molecule has 204 valence electrons. The molecular formula is C29H31F2N5O3. The van der Waals surface area contributed by atoms with Gasteiger partial charge < -0.3 is 26.2 Å². The first kappa shape index (κ1) is 28.0. The molecule has 1 heterocycles. The van der Waals surface area contributed by atoms with Gasteiger partial charge in [0.05, 0.1) is 18.6 Å². The molecule has 1 atom stereocenters. The quantitative estimate of drug-likeness (QED) is 0.294. The number of carbonyl (C=O) groups is 1. The predicted molar refractivity (Wildman–Crippen MR) is 143 cm³/mol. The number of anilines is 1. The van der Waals surface area contributed by atoms with E-state index in [2.05, 4.69) is 44.6 Å². The Balaban J connectivity index is 1.38. The topological polar surface area (TPSA) is 122 Å². The predicted octanol–water partition coefficient (Wildman–Crippen LogP) is 3.14. The molecule has 0 radical (unpaired) electrons. The Bertz CT molecular complexity index is 1320. The molecule has 0 aliphatic heterocycles. The lowest BCUT2D eigenvalue weighted by Crippen LogP contribution is -2.44. The Kier molecular flexibility index (Phi) is 9.41. The van der Waals surface area contributed by atoms with Gasteiger partial charge in [0.25, 0.3) is 6.43 Å². The van der Waals surface area contributed by atoms with Crippen molar-refractivity contribution in [3.05, 3.63) is 82.8 Å². The summed E-state index contributed by atoms with van der Waals surface area (Å²) in [5, 5.41) is 16.0. The molecule has 2 aromatic carbocycles. The lowest BCUT2D eigenvalue weighted by Gasteiger charge is -2.34. The van der Waals surface area contributed by atoms with Crippen LogP contribution in [0.1, 0.15) is 46.7 Å². The highest BCUT2D eigenvalue weighted by Gasteiger charge is 2.28. The maximum absolute atomic E-state index is 12.7. The van der Waals surface area contributed by atoms with Crippen LogP contribution >= 0.6 is 0 Å². The molecule has 1 fully saturated rings. The van der Waals surface area contributed by atoms with Crippen molar-refractivity contribution in [2.24, 2.45) is 0 Å². The molecule has 3 aromatic rings. The van der Waals surface area contributed by atoms with Crippen molar-refractivity contribution in [3.8, 4) is 17.6 Å². The van der Waals surface area contributed by atoms with E-state index in [1.807, 2.05) is 24.3 Å². The van der Waals surface area contributed by atoms with Gasteiger partial charge in [-0.2, -0.15) is 0 Å². The molecule has 1 unspecified atom stereocenters. The van der Waals surface area contributed by atoms with Crippen molar-refractivity contribution in [1.29, 1.82) is 0 Å². The summed E-state index contributed by atoms with van der Waals surface area (Å²) < 4.78 is 30.6. The third-order valence-corrected chi connectivity index (χ3v) is 6.68. The average Bonchev–Trinajstić information content (AvgIpc) is 2.91. The number of amides is 1. The Morgan fingerprint density at radius 1 is 1.08 bits per heavy atom. The molecular weight excluding hydrogens is 504 g/mol. The fraction of sp³-hybridized carbons (Fsp3) is 0.345. The number of halogens is 2. The van der Waals surface area contributed by atoms with Gasteiger partial charge in [-0.15, -0.1) is 0 Å². The maximum Gasteiger partial charge on any atom is 0.255 e. The highest BCUT2D eigenvalue weighted by molar-refractivity contribution is 5.84. The number of nitrogens with one attached hydrogen (secondary N) is 2. The second-order valence-electron chi connectivity index (χ2n) is 9.44. The number of alkyl halides is 2. The molecule has 0 bridgehead atoms. The molecule has 8 nitrogen and oxygen atoms in total. The first-order valence-electron chi connectivity index (χ1n) is 12.6. The fourth-order valence-electron chi connectivity index (χ4n) is 4.27. The van der Waals surface area contributed by atoms with Crippen LogP contribution in [0.2, 0.25) is 0 Å². The minimum atomic E-state index is -2.71. The van der Waals surface area contributed by atoms with E-state index in [1.165, 1.54) is 5.56 Å². The van der Waals surface area contributed by atoms with Crippen LogP contribution in [0.5, 0.6) is 5.75 Å². The summed E-state index contributed by atoms with van der Waals surface area (Å²) in [6.45, 7) is -0.00515. The molecule has 1 aliphatic carbocycles. The van der Waals surface area contributed by atoms with Crippen LogP contribution in [-0.4, -0.2) is 53.2 Å². The van der Waals surface area contributed by atoms with E-state index in [1.54, 1.807) is 19.2 Å². The zero-order valence-corrected chi connectivity index (χ0v) is 21.5. The number of benzene rings is 2. The number of rotatable bonds is 10. The molecule has 4 rings (SSSR count). The van der Waals surface area contributed by atoms with Gasteiger partial charge in [0.15, 0.2) is 11.6 Å². The first-order chi connectivity index (χ1) is 18.8. The summed E-state index contributed by atoms with van der Waals surface area (Å²) in [7, 11) is 1.75. The fourth-order valence-corrected chi connectivity index (χ4v) is 4.27. The Morgan fingerprint density at radius 2 is 1.69 bits per heavy atom. The van der Waals surface area contributed by atoms with Gasteiger partial charge in [-0.25, -0.2) is 18.7 Å². The number of methoxy groups -OCH3 is 1. The third-order valence-electron chi connectivity index (χ3n) is 6.68. The SMILES string of the molecule is COC1CC(NCc2ccc(C#Cc3ccc(CC(C(=O)NCC(F)F)c4ncnc(N)c4O)cc3)cc2)C1. The summed E-state index contributed by atoms with van der Waals surface area (Å²) in [6, 6.07) is 15.8. The number of hydrogen-bond donors (Lipinski definition) is 4.